The highest BCUT2D eigenvalue weighted by Gasteiger charge is 2.09. The summed E-state index contributed by atoms with van der Waals surface area (Å²) in [4.78, 5) is 0. The molecule has 5 nitrogen and oxygen atoms in total. The molecule has 0 heterocycles. The number of aliphatic hydroxyl groups is 1. The van der Waals surface area contributed by atoms with E-state index in [1.165, 1.54) is 12.1 Å². The zero-order valence-corrected chi connectivity index (χ0v) is 12.6. The Hall–Kier alpha value is -1.21. The van der Waals surface area contributed by atoms with Gasteiger partial charge in [0, 0.05) is 19.2 Å². The first-order valence-corrected chi connectivity index (χ1v) is 7.04. The highest BCUT2D eigenvalue weighted by atomic mass is 19.1. The monoisotopic (exact) mass is 301 g/mol. The summed E-state index contributed by atoms with van der Waals surface area (Å²) < 4.78 is 28.8. The van der Waals surface area contributed by atoms with Gasteiger partial charge in [-0.3, -0.25) is 0 Å². The molecule has 6 heteroatoms. The molecule has 1 atom stereocenters. The third-order valence-electron chi connectivity index (χ3n) is 2.76. The Bertz CT molecular complexity index is 403. The van der Waals surface area contributed by atoms with Gasteiger partial charge in [-0.2, -0.15) is 0 Å². The SMILES string of the molecule is CCNCc1cc(F)ccc1OCC(O)COCCOC. The predicted molar refractivity (Wildman–Crippen MR) is 78.0 cm³/mol. The standard InChI is InChI=1S/C15H24FNO4/c1-3-17-9-12-8-13(16)4-5-15(12)21-11-14(18)10-20-7-6-19-2/h4-5,8,14,17-18H,3,6-7,9-11H2,1-2H3. The number of hydrogen-bond donors (Lipinski definition) is 2. The lowest BCUT2D eigenvalue weighted by atomic mass is 10.2. The van der Waals surface area contributed by atoms with Gasteiger partial charge >= 0.3 is 0 Å². The highest BCUT2D eigenvalue weighted by Crippen LogP contribution is 2.19. The molecule has 0 radical (unpaired) electrons. The Labute approximate surface area is 125 Å². The molecule has 0 spiro atoms. The maximum absolute atomic E-state index is 13.2. The Morgan fingerprint density at radius 2 is 2.10 bits per heavy atom. The van der Waals surface area contributed by atoms with Crippen molar-refractivity contribution in [3.05, 3.63) is 29.6 Å². The van der Waals surface area contributed by atoms with Gasteiger partial charge in [0.15, 0.2) is 0 Å². The predicted octanol–water partition coefficient (Wildman–Crippen LogP) is 1.34. The quantitative estimate of drug-likeness (QED) is 0.604. The molecule has 1 aromatic carbocycles. The average Bonchev–Trinajstić information content (AvgIpc) is 2.48. The fourth-order valence-corrected chi connectivity index (χ4v) is 1.68. The van der Waals surface area contributed by atoms with E-state index in [1.807, 2.05) is 6.92 Å². The van der Waals surface area contributed by atoms with Crippen LogP contribution in [0.3, 0.4) is 0 Å². The summed E-state index contributed by atoms with van der Waals surface area (Å²) in [6.07, 6.45) is -0.737. The summed E-state index contributed by atoms with van der Waals surface area (Å²) in [5, 5.41) is 12.9. The van der Waals surface area contributed by atoms with Crippen molar-refractivity contribution in [2.24, 2.45) is 0 Å². The number of ether oxygens (including phenoxy) is 3. The van der Waals surface area contributed by atoms with Crippen molar-refractivity contribution in [3.8, 4) is 5.75 Å². The summed E-state index contributed by atoms with van der Waals surface area (Å²) in [5.41, 5.74) is 0.726. The van der Waals surface area contributed by atoms with Crippen LogP contribution in [0.1, 0.15) is 12.5 Å². The number of benzene rings is 1. The van der Waals surface area contributed by atoms with Crippen LogP contribution in [0.2, 0.25) is 0 Å². The normalized spacial score (nSPS) is 12.4. The first-order valence-electron chi connectivity index (χ1n) is 7.04. The van der Waals surface area contributed by atoms with Gasteiger partial charge in [-0.15, -0.1) is 0 Å². The van der Waals surface area contributed by atoms with E-state index in [0.29, 0.717) is 25.5 Å². The van der Waals surface area contributed by atoms with Gasteiger partial charge in [-0.25, -0.2) is 4.39 Å². The van der Waals surface area contributed by atoms with E-state index in [9.17, 15) is 9.50 Å². The number of aliphatic hydroxyl groups excluding tert-OH is 1. The second kappa shape index (κ2) is 10.5. The summed E-state index contributed by atoms with van der Waals surface area (Å²) in [5.74, 6) is 0.256. The van der Waals surface area contributed by atoms with Crippen molar-refractivity contribution in [1.29, 1.82) is 0 Å². The van der Waals surface area contributed by atoms with E-state index >= 15 is 0 Å². The highest BCUT2D eigenvalue weighted by molar-refractivity contribution is 5.34. The molecule has 0 aliphatic carbocycles. The van der Waals surface area contributed by atoms with Crippen LogP contribution in [0.5, 0.6) is 5.75 Å². The van der Waals surface area contributed by atoms with Crippen molar-refractivity contribution in [1.82, 2.24) is 5.32 Å². The molecule has 0 aliphatic rings. The van der Waals surface area contributed by atoms with E-state index in [4.69, 9.17) is 14.2 Å². The van der Waals surface area contributed by atoms with Crippen molar-refractivity contribution in [3.63, 3.8) is 0 Å². The minimum Gasteiger partial charge on any atom is -0.490 e. The van der Waals surface area contributed by atoms with Crippen LogP contribution in [0.4, 0.5) is 4.39 Å². The molecule has 2 N–H and O–H groups in total. The average molecular weight is 301 g/mol. The zero-order valence-electron chi connectivity index (χ0n) is 12.6. The van der Waals surface area contributed by atoms with Gasteiger partial charge in [0.1, 0.15) is 24.3 Å². The first kappa shape index (κ1) is 17.8. The minimum absolute atomic E-state index is 0.0950. The van der Waals surface area contributed by atoms with Crippen molar-refractivity contribution in [2.45, 2.75) is 19.6 Å². The van der Waals surface area contributed by atoms with Crippen LogP contribution in [0.15, 0.2) is 18.2 Å². The van der Waals surface area contributed by atoms with Crippen LogP contribution in [-0.2, 0) is 16.0 Å². The lowest BCUT2D eigenvalue weighted by Crippen LogP contribution is -2.25. The van der Waals surface area contributed by atoms with Crippen molar-refractivity contribution < 1.29 is 23.7 Å². The lowest BCUT2D eigenvalue weighted by molar-refractivity contribution is -0.00433. The Balaban J connectivity index is 2.42. The summed E-state index contributed by atoms with van der Waals surface area (Å²) in [6, 6.07) is 4.34. The molecule has 0 aromatic heterocycles. The van der Waals surface area contributed by atoms with Crippen LogP contribution < -0.4 is 10.1 Å². The molecule has 0 bridgehead atoms. The van der Waals surface area contributed by atoms with Gasteiger partial charge in [-0.05, 0) is 24.7 Å². The lowest BCUT2D eigenvalue weighted by Gasteiger charge is -2.15. The molecule has 120 valence electrons. The van der Waals surface area contributed by atoms with Crippen molar-refractivity contribution >= 4 is 0 Å². The molecule has 1 unspecified atom stereocenters. The summed E-state index contributed by atoms with van der Waals surface area (Å²) in [7, 11) is 1.59. The first-order chi connectivity index (χ1) is 10.2. The molecule has 0 amide bonds. The number of hydrogen-bond acceptors (Lipinski definition) is 5. The minimum atomic E-state index is -0.737. The fourth-order valence-electron chi connectivity index (χ4n) is 1.68. The molecular weight excluding hydrogens is 277 g/mol. The van der Waals surface area contributed by atoms with Crippen LogP contribution >= 0.6 is 0 Å². The number of methoxy groups -OCH3 is 1. The number of nitrogens with one attached hydrogen (secondary N) is 1. The van der Waals surface area contributed by atoms with E-state index in [2.05, 4.69) is 5.32 Å². The van der Waals surface area contributed by atoms with Gasteiger partial charge in [0.05, 0.1) is 19.8 Å². The van der Waals surface area contributed by atoms with Crippen molar-refractivity contribution in [2.75, 3.05) is 40.1 Å². The Morgan fingerprint density at radius 3 is 2.81 bits per heavy atom. The molecule has 21 heavy (non-hydrogen) atoms. The largest absolute Gasteiger partial charge is 0.490 e. The van der Waals surface area contributed by atoms with Gasteiger partial charge < -0.3 is 24.6 Å². The fraction of sp³-hybridized carbons (Fsp3) is 0.600. The van der Waals surface area contributed by atoms with E-state index in [-0.39, 0.29) is 19.0 Å². The maximum atomic E-state index is 13.2. The third kappa shape index (κ3) is 7.38. The second-order valence-electron chi connectivity index (χ2n) is 4.56. The number of rotatable bonds is 11. The number of halogens is 1. The van der Waals surface area contributed by atoms with Gasteiger partial charge in [0.2, 0.25) is 0 Å². The summed E-state index contributed by atoms with van der Waals surface area (Å²) >= 11 is 0. The smallest absolute Gasteiger partial charge is 0.124 e. The van der Waals surface area contributed by atoms with E-state index in [0.717, 1.165) is 12.1 Å². The zero-order chi connectivity index (χ0) is 15.5. The molecule has 1 aromatic rings. The Kier molecular flexibility index (Phi) is 8.93. The molecule has 1 rings (SSSR count). The van der Waals surface area contributed by atoms with Crippen LogP contribution in [0, 0.1) is 5.82 Å². The molecule has 0 aliphatic heterocycles. The topological polar surface area (TPSA) is 60.0 Å². The van der Waals surface area contributed by atoms with E-state index in [1.54, 1.807) is 13.2 Å². The maximum Gasteiger partial charge on any atom is 0.124 e. The van der Waals surface area contributed by atoms with E-state index < -0.39 is 6.10 Å². The van der Waals surface area contributed by atoms with Crippen LogP contribution in [0.25, 0.3) is 0 Å². The second-order valence-corrected chi connectivity index (χ2v) is 4.56. The van der Waals surface area contributed by atoms with Gasteiger partial charge in [-0.1, -0.05) is 6.92 Å². The molecule has 0 saturated heterocycles. The Morgan fingerprint density at radius 1 is 1.29 bits per heavy atom. The van der Waals surface area contributed by atoms with Gasteiger partial charge in [0.25, 0.3) is 0 Å². The van der Waals surface area contributed by atoms with Crippen LogP contribution in [-0.4, -0.2) is 51.3 Å². The third-order valence-corrected chi connectivity index (χ3v) is 2.76. The molecular formula is C15H24FNO4. The molecule has 0 saturated carbocycles. The summed E-state index contributed by atoms with van der Waals surface area (Å²) in [6.45, 7) is 4.45. The molecule has 0 fully saturated rings.